The van der Waals surface area contributed by atoms with Crippen LogP contribution in [0.2, 0.25) is 0 Å². The Bertz CT molecular complexity index is 491. The number of aromatic nitrogens is 2. The van der Waals surface area contributed by atoms with Crippen molar-refractivity contribution < 1.29 is 4.74 Å². The first-order valence-electron chi connectivity index (χ1n) is 5.09. The van der Waals surface area contributed by atoms with Gasteiger partial charge in [0.25, 0.3) is 0 Å². The van der Waals surface area contributed by atoms with Crippen LogP contribution in [0.4, 0.5) is 5.69 Å². The number of hydrogen-bond acceptors (Lipinski definition) is 3. The highest BCUT2D eigenvalue weighted by molar-refractivity contribution is 5.52. The molecule has 0 aliphatic heterocycles. The topological polar surface area (TPSA) is 53.1 Å². The van der Waals surface area contributed by atoms with E-state index in [0.29, 0.717) is 6.61 Å². The number of methoxy groups -OCH3 is 1. The van der Waals surface area contributed by atoms with Crippen LogP contribution in [0, 0.1) is 6.92 Å². The minimum absolute atomic E-state index is 0.521. The number of ether oxygens (including phenoxy) is 1. The first kappa shape index (κ1) is 10.7. The molecule has 2 rings (SSSR count). The van der Waals surface area contributed by atoms with Crippen molar-refractivity contribution in [3.63, 3.8) is 0 Å². The average Bonchev–Trinajstić information content (AvgIpc) is 2.69. The molecule has 0 saturated heterocycles. The molecule has 0 bridgehead atoms. The lowest BCUT2D eigenvalue weighted by molar-refractivity contribution is 0.185. The maximum absolute atomic E-state index is 5.85. The van der Waals surface area contributed by atoms with Crippen LogP contribution < -0.4 is 5.73 Å². The van der Waals surface area contributed by atoms with Gasteiger partial charge in [0.1, 0.15) is 0 Å². The van der Waals surface area contributed by atoms with Crippen LogP contribution in [-0.4, -0.2) is 16.7 Å². The van der Waals surface area contributed by atoms with Gasteiger partial charge in [-0.15, -0.1) is 0 Å². The smallest absolute Gasteiger partial charge is 0.0995 e. The molecule has 0 fully saturated rings. The van der Waals surface area contributed by atoms with E-state index >= 15 is 0 Å². The summed E-state index contributed by atoms with van der Waals surface area (Å²) in [5.74, 6) is 0. The maximum atomic E-state index is 5.85. The summed E-state index contributed by atoms with van der Waals surface area (Å²) in [6.07, 6.45) is 3.76. The van der Waals surface area contributed by atoms with Gasteiger partial charge in [0.05, 0.1) is 18.6 Å². The molecule has 4 heteroatoms. The van der Waals surface area contributed by atoms with E-state index in [9.17, 15) is 0 Å². The van der Waals surface area contributed by atoms with Gasteiger partial charge in [-0.25, -0.2) is 4.98 Å². The SMILES string of the molecule is COCc1cc(-n2cnc(C)c2)ccc1N. The van der Waals surface area contributed by atoms with Crippen LogP contribution in [0.15, 0.2) is 30.7 Å². The van der Waals surface area contributed by atoms with E-state index in [1.807, 2.05) is 35.9 Å². The van der Waals surface area contributed by atoms with Crippen LogP contribution in [0.3, 0.4) is 0 Å². The molecule has 0 unspecified atom stereocenters. The fraction of sp³-hybridized carbons (Fsp3) is 0.250. The fourth-order valence-corrected chi connectivity index (χ4v) is 1.60. The molecule has 0 atom stereocenters. The van der Waals surface area contributed by atoms with Crippen molar-refractivity contribution in [2.45, 2.75) is 13.5 Å². The van der Waals surface area contributed by atoms with Crippen LogP contribution in [0.5, 0.6) is 0 Å². The molecule has 2 aromatic rings. The Hall–Kier alpha value is -1.81. The monoisotopic (exact) mass is 217 g/mol. The summed E-state index contributed by atoms with van der Waals surface area (Å²) in [6, 6.07) is 5.87. The molecule has 1 heterocycles. The molecule has 1 aromatic heterocycles. The molecule has 0 aliphatic rings. The quantitative estimate of drug-likeness (QED) is 0.799. The van der Waals surface area contributed by atoms with E-state index in [-0.39, 0.29) is 0 Å². The number of nitrogen functional groups attached to an aromatic ring is 1. The maximum Gasteiger partial charge on any atom is 0.0995 e. The fourth-order valence-electron chi connectivity index (χ4n) is 1.60. The van der Waals surface area contributed by atoms with Gasteiger partial charge in [-0.2, -0.15) is 0 Å². The first-order valence-corrected chi connectivity index (χ1v) is 5.09. The molecule has 4 nitrogen and oxygen atoms in total. The molecule has 2 N–H and O–H groups in total. The van der Waals surface area contributed by atoms with Gasteiger partial charge in [0, 0.05) is 30.2 Å². The number of aryl methyl sites for hydroxylation is 1. The highest BCUT2D eigenvalue weighted by Crippen LogP contribution is 2.18. The molecule has 0 amide bonds. The molecule has 1 aromatic carbocycles. The van der Waals surface area contributed by atoms with Crippen LogP contribution >= 0.6 is 0 Å². The van der Waals surface area contributed by atoms with Gasteiger partial charge >= 0.3 is 0 Å². The molecule has 0 radical (unpaired) electrons. The standard InChI is InChI=1S/C12H15N3O/c1-9-6-15(8-14-9)11-3-4-12(13)10(5-11)7-16-2/h3-6,8H,7,13H2,1-2H3. The van der Waals surface area contributed by atoms with Crippen molar-refractivity contribution in [1.82, 2.24) is 9.55 Å². The summed E-state index contributed by atoms with van der Waals surface area (Å²) in [5, 5.41) is 0. The van der Waals surface area contributed by atoms with Gasteiger partial charge in [0.2, 0.25) is 0 Å². The number of nitrogens with two attached hydrogens (primary N) is 1. The third-order valence-electron chi connectivity index (χ3n) is 2.44. The molecule has 16 heavy (non-hydrogen) atoms. The summed E-state index contributed by atoms with van der Waals surface area (Å²) >= 11 is 0. The summed E-state index contributed by atoms with van der Waals surface area (Å²) in [4.78, 5) is 4.19. The Morgan fingerprint density at radius 2 is 2.25 bits per heavy atom. The van der Waals surface area contributed by atoms with Gasteiger partial charge < -0.3 is 15.0 Å². The lowest BCUT2D eigenvalue weighted by atomic mass is 10.1. The Labute approximate surface area is 94.7 Å². The molecule has 0 spiro atoms. The lowest BCUT2D eigenvalue weighted by Gasteiger charge is -2.08. The highest BCUT2D eigenvalue weighted by atomic mass is 16.5. The van der Waals surface area contributed by atoms with Gasteiger partial charge in [-0.3, -0.25) is 0 Å². The third-order valence-corrected chi connectivity index (χ3v) is 2.44. The summed E-state index contributed by atoms with van der Waals surface area (Å²) < 4.78 is 7.07. The van der Waals surface area contributed by atoms with Crippen molar-refractivity contribution >= 4 is 5.69 Å². The van der Waals surface area contributed by atoms with E-state index < -0.39 is 0 Å². The predicted molar refractivity (Wildman–Crippen MR) is 63.4 cm³/mol. The normalized spacial score (nSPS) is 10.6. The van der Waals surface area contributed by atoms with Crippen LogP contribution in [-0.2, 0) is 11.3 Å². The summed E-state index contributed by atoms with van der Waals surface area (Å²) in [7, 11) is 1.66. The second-order valence-corrected chi connectivity index (χ2v) is 3.74. The molecular formula is C12H15N3O. The average molecular weight is 217 g/mol. The minimum atomic E-state index is 0.521. The zero-order valence-electron chi connectivity index (χ0n) is 9.47. The van der Waals surface area contributed by atoms with Crippen molar-refractivity contribution in [1.29, 1.82) is 0 Å². The number of nitrogens with zero attached hydrogens (tertiary/aromatic N) is 2. The zero-order valence-corrected chi connectivity index (χ0v) is 9.47. The number of imidazole rings is 1. The van der Waals surface area contributed by atoms with E-state index in [2.05, 4.69) is 4.98 Å². The Kier molecular flexibility index (Phi) is 2.92. The molecule has 84 valence electrons. The number of benzene rings is 1. The van der Waals surface area contributed by atoms with Crippen LogP contribution in [0.1, 0.15) is 11.3 Å². The largest absolute Gasteiger partial charge is 0.398 e. The predicted octanol–water partition coefficient (Wildman–Crippen LogP) is 1.91. The van der Waals surface area contributed by atoms with Gasteiger partial charge in [-0.1, -0.05) is 0 Å². The van der Waals surface area contributed by atoms with E-state index in [4.69, 9.17) is 10.5 Å². The molecule has 0 saturated carbocycles. The Balaban J connectivity index is 2.39. The van der Waals surface area contributed by atoms with Gasteiger partial charge in [0.15, 0.2) is 0 Å². The van der Waals surface area contributed by atoms with Crippen LogP contribution in [0.25, 0.3) is 5.69 Å². The Morgan fingerprint density at radius 1 is 1.44 bits per heavy atom. The molecular weight excluding hydrogens is 202 g/mol. The van der Waals surface area contributed by atoms with E-state index in [1.165, 1.54) is 0 Å². The zero-order chi connectivity index (χ0) is 11.5. The second-order valence-electron chi connectivity index (χ2n) is 3.74. The second kappa shape index (κ2) is 4.37. The minimum Gasteiger partial charge on any atom is -0.398 e. The highest BCUT2D eigenvalue weighted by Gasteiger charge is 2.03. The van der Waals surface area contributed by atoms with Crippen molar-refractivity contribution in [2.24, 2.45) is 0 Å². The van der Waals surface area contributed by atoms with Crippen molar-refractivity contribution in [3.05, 3.63) is 42.0 Å². The van der Waals surface area contributed by atoms with Crippen molar-refractivity contribution in [3.8, 4) is 5.69 Å². The van der Waals surface area contributed by atoms with Gasteiger partial charge in [-0.05, 0) is 25.1 Å². The first-order chi connectivity index (χ1) is 7.70. The van der Waals surface area contributed by atoms with Crippen molar-refractivity contribution in [2.75, 3.05) is 12.8 Å². The summed E-state index contributed by atoms with van der Waals surface area (Å²) in [5.41, 5.74) is 9.63. The molecule has 0 aliphatic carbocycles. The lowest BCUT2D eigenvalue weighted by Crippen LogP contribution is -1.99. The number of rotatable bonds is 3. The third kappa shape index (κ3) is 2.06. The van der Waals surface area contributed by atoms with E-state index in [1.54, 1.807) is 13.4 Å². The van der Waals surface area contributed by atoms with E-state index in [0.717, 1.165) is 22.6 Å². The summed E-state index contributed by atoms with van der Waals surface area (Å²) in [6.45, 7) is 2.48. The Morgan fingerprint density at radius 3 is 2.88 bits per heavy atom. The number of anilines is 1. The number of hydrogen-bond donors (Lipinski definition) is 1.